The summed E-state index contributed by atoms with van der Waals surface area (Å²) >= 11 is 9.00. The maximum absolute atomic E-state index is 12.3. The molecule has 2 aromatic heterocycles. The first kappa shape index (κ1) is 16.2. The van der Waals surface area contributed by atoms with Crippen molar-refractivity contribution in [2.75, 3.05) is 7.11 Å². The highest BCUT2D eigenvalue weighted by molar-refractivity contribution is 9.10. The molecule has 0 bridgehead atoms. The molecule has 0 aliphatic heterocycles. The first-order chi connectivity index (χ1) is 9.94. The monoisotopic (exact) mass is 391 g/mol. The molecule has 1 N–H and O–H groups in total. The Bertz CT molecular complexity index is 755. The van der Waals surface area contributed by atoms with E-state index in [9.17, 15) is 8.42 Å². The molecular weight excluding hydrogens is 382 g/mol. The van der Waals surface area contributed by atoms with E-state index < -0.39 is 10.0 Å². The summed E-state index contributed by atoms with van der Waals surface area (Å²) in [6.45, 7) is 0.0299. The van der Waals surface area contributed by atoms with Crippen LogP contribution in [-0.4, -0.2) is 25.5 Å². The molecule has 0 fully saturated rings. The van der Waals surface area contributed by atoms with Crippen LogP contribution in [0.3, 0.4) is 0 Å². The molecule has 0 aliphatic rings. The van der Waals surface area contributed by atoms with Crippen LogP contribution in [0, 0.1) is 0 Å². The zero-order chi connectivity index (χ0) is 15.5. The van der Waals surface area contributed by atoms with Gasteiger partial charge < -0.3 is 4.74 Å². The molecule has 0 saturated heterocycles. The summed E-state index contributed by atoms with van der Waals surface area (Å²) in [6.07, 6.45) is 2.98. The molecule has 0 saturated carbocycles. The van der Waals surface area contributed by atoms with E-state index in [1.54, 1.807) is 18.3 Å². The fraction of sp³-hybridized carbons (Fsp3) is 0.167. The molecular formula is C12H11BrClN3O3S. The normalized spacial score (nSPS) is 11.4. The number of pyridine rings is 2. The Morgan fingerprint density at radius 3 is 2.90 bits per heavy atom. The second-order valence-electron chi connectivity index (χ2n) is 3.94. The minimum absolute atomic E-state index is 0.0299. The van der Waals surface area contributed by atoms with Crippen molar-refractivity contribution in [2.45, 2.75) is 11.4 Å². The number of sulfonamides is 1. The van der Waals surface area contributed by atoms with Crippen molar-refractivity contribution >= 4 is 37.6 Å². The van der Waals surface area contributed by atoms with Crippen LogP contribution in [0.1, 0.15) is 5.56 Å². The highest BCUT2D eigenvalue weighted by atomic mass is 79.9. The summed E-state index contributed by atoms with van der Waals surface area (Å²) in [5.74, 6) is 0.360. The van der Waals surface area contributed by atoms with Gasteiger partial charge in [-0.15, -0.1) is 0 Å². The van der Waals surface area contributed by atoms with Gasteiger partial charge in [-0.2, -0.15) is 0 Å². The molecule has 21 heavy (non-hydrogen) atoms. The topological polar surface area (TPSA) is 81.2 Å². The van der Waals surface area contributed by atoms with Crippen LogP contribution >= 0.6 is 27.5 Å². The summed E-state index contributed by atoms with van der Waals surface area (Å²) < 4.78 is 32.5. The third-order valence-electron chi connectivity index (χ3n) is 2.56. The van der Waals surface area contributed by atoms with Gasteiger partial charge in [0.25, 0.3) is 0 Å². The number of aromatic nitrogens is 2. The average molecular weight is 393 g/mol. The maximum atomic E-state index is 12.3. The van der Waals surface area contributed by atoms with Crippen molar-refractivity contribution in [1.82, 2.24) is 14.7 Å². The van der Waals surface area contributed by atoms with Crippen molar-refractivity contribution in [3.63, 3.8) is 0 Å². The lowest BCUT2D eigenvalue weighted by molar-refractivity contribution is 0.392. The zero-order valence-corrected chi connectivity index (χ0v) is 14.0. The minimum Gasteiger partial charge on any atom is -0.481 e. The zero-order valence-electron chi connectivity index (χ0n) is 10.9. The van der Waals surface area contributed by atoms with Gasteiger partial charge >= 0.3 is 0 Å². The minimum atomic E-state index is -3.79. The van der Waals surface area contributed by atoms with E-state index in [-0.39, 0.29) is 16.6 Å². The third kappa shape index (κ3) is 3.91. The smallest absolute Gasteiger partial charge is 0.243 e. The van der Waals surface area contributed by atoms with Gasteiger partial charge in [0, 0.05) is 29.0 Å². The number of nitrogens with zero attached hydrogens (tertiary/aromatic N) is 2. The van der Waals surface area contributed by atoms with Gasteiger partial charge in [0.2, 0.25) is 15.9 Å². The number of halogens is 2. The quantitative estimate of drug-likeness (QED) is 0.790. The van der Waals surface area contributed by atoms with Gasteiger partial charge in [0.1, 0.15) is 10.0 Å². The summed E-state index contributed by atoms with van der Waals surface area (Å²) in [4.78, 5) is 7.70. The molecule has 0 unspecified atom stereocenters. The Kier molecular flexibility index (Phi) is 5.15. The number of hydrogen-bond donors (Lipinski definition) is 1. The van der Waals surface area contributed by atoms with E-state index in [1.165, 1.54) is 19.4 Å². The second-order valence-corrected chi connectivity index (χ2v) is 6.95. The molecule has 9 heteroatoms. The van der Waals surface area contributed by atoms with Crippen molar-refractivity contribution in [1.29, 1.82) is 0 Å². The lowest BCUT2D eigenvalue weighted by Crippen LogP contribution is -2.24. The molecule has 6 nitrogen and oxygen atoms in total. The molecule has 2 rings (SSSR count). The number of hydrogen-bond acceptors (Lipinski definition) is 5. The molecule has 2 heterocycles. The van der Waals surface area contributed by atoms with Crippen molar-refractivity contribution in [3.05, 3.63) is 45.8 Å². The van der Waals surface area contributed by atoms with E-state index in [0.717, 1.165) is 0 Å². The summed E-state index contributed by atoms with van der Waals surface area (Å²) in [5.41, 5.74) is 0.614. The molecule has 0 radical (unpaired) electrons. The molecule has 2 aromatic rings. The number of ether oxygens (including phenoxy) is 1. The first-order valence-corrected chi connectivity index (χ1v) is 8.38. The van der Waals surface area contributed by atoms with Gasteiger partial charge in [-0.1, -0.05) is 17.7 Å². The van der Waals surface area contributed by atoms with Crippen LogP contribution in [0.2, 0.25) is 5.15 Å². The van der Waals surface area contributed by atoms with Gasteiger partial charge in [-0.25, -0.2) is 23.1 Å². The van der Waals surface area contributed by atoms with Crippen LogP contribution in [-0.2, 0) is 16.6 Å². The van der Waals surface area contributed by atoms with Gasteiger partial charge in [0.05, 0.1) is 7.11 Å². The van der Waals surface area contributed by atoms with Gasteiger partial charge in [0.15, 0.2) is 0 Å². The summed E-state index contributed by atoms with van der Waals surface area (Å²) in [5, 5.41) is -0.0937. The van der Waals surface area contributed by atoms with E-state index in [4.69, 9.17) is 16.3 Å². The van der Waals surface area contributed by atoms with Crippen LogP contribution < -0.4 is 9.46 Å². The van der Waals surface area contributed by atoms with Crippen LogP contribution in [0.25, 0.3) is 0 Å². The lowest BCUT2D eigenvalue weighted by atomic mass is 10.3. The third-order valence-corrected chi connectivity index (χ3v) is 4.82. The fourth-order valence-corrected chi connectivity index (χ4v) is 3.53. The molecule has 0 atom stereocenters. The maximum Gasteiger partial charge on any atom is 0.243 e. The standard InChI is InChI=1S/C12H11BrClN3O3S/c1-20-12-8(3-2-4-15-12)6-17-21(18,19)10-5-9(13)7-16-11(10)14/h2-5,7,17H,6H2,1H3. The van der Waals surface area contributed by atoms with E-state index in [1.807, 2.05) is 0 Å². The number of methoxy groups -OCH3 is 1. The highest BCUT2D eigenvalue weighted by Gasteiger charge is 2.20. The molecule has 112 valence electrons. The largest absolute Gasteiger partial charge is 0.481 e. The van der Waals surface area contributed by atoms with E-state index in [2.05, 4.69) is 30.6 Å². The Morgan fingerprint density at radius 2 is 2.19 bits per heavy atom. The van der Waals surface area contributed by atoms with Crippen LogP contribution in [0.4, 0.5) is 0 Å². The van der Waals surface area contributed by atoms with Crippen molar-refractivity contribution < 1.29 is 13.2 Å². The molecule has 0 amide bonds. The predicted octanol–water partition coefficient (Wildman–Crippen LogP) is 2.38. The van der Waals surface area contributed by atoms with Gasteiger partial charge in [-0.3, -0.25) is 0 Å². The van der Waals surface area contributed by atoms with Crippen LogP contribution in [0.5, 0.6) is 5.88 Å². The van der Waals surface area contributed by atoms with Crippen molar-refractivity contribution in [3.8, 4) is 5.88 Å². The fourth-order valence-electron chi connectivity index (χ4n) is 1.59. The lowest BCUT2D eigenvalue weighted by Gasteiger charge is -2.10. The molecule has 0 spiro atoms. The van der Waals surface area contributed by atoms with E-state index >= 15 is 0 Å². The second kappa shape index (κ2) is 6.69. The van der Waals surface area contributed by atoms with Gasteiger partial charge in [-0.05, 0) is 28.1 Å². The Labute approximate surface area is 135 Å². The predicted molar refractivity (Wildman–Crippen MR) is 81.8 cm³/mol. The summed E-state index contributed by atoms with van der Waals surface area (Å²) in [6, 6.07) is 4.80. The first-order valence-electron chi connectivity index (χ1n) is 5.72. The summed E-state index contributed by atoms with van der Waals surface area (Å²) in [7, 11) is -2.33. The van der Waals surface area contributed by atoms with Crippen LogP contribution in [0.15, 0.2) is 40.0 Å². The SMILES string of the molecule is COc1ncccc1CNS(=O)(=O)c1cc(Br)cnc1Cl. The Hall–Kier alpha value is -1.22. The number of nitrogens with one attached hydrogen (secondary N) is 1. The Morgan fingerprint density at radius 1 is 1.43 bits per heavy atom. The van der Waals surface area contributed by atoms with Crippen molar-refractivity contribution in [2.24, 2.45) is 0 Å². The Balaban J connectivity index is 2.24. The average Bonchev–Trinajstić information content (AvgIpc) is 2.48. The molecule has 0 aromatic carbocycles. The highest BCUT2D eigenvalue weighted by Crippen LogP contribution is 2.23. The molecule has 0 aliphatic carbocycles. The van der Waals surface area contributed by atoms with E-state index in [0.29, 0.717) is 15.9 Å². The number of rotatable bonds is 5.